The SMILES string of the molecule is Cc1ccc(Cl)c(N(C)C(=O)c2ccc([N+](=O)[O-])cc2)c1. The molecular weight excluding hydrogens is 292 g/mol. The molecule has 0 radical (unpaired) electrons. The summed E-state index contributed by atoms with van der Waals surface area (Å²) in [6.45, 7) is 1.91. The minimum absolute atomic E-state index is 0.0530. The number of nitro groups is 1. The number of nitrogens with zero attached hydrogens (tertiary/aromatic N) is 2. The van der Waals surface area contributed by atoms with Crippen LogP contribution in [0.1, 0.15) is 15.9 Å². The smallest absolute Gasteiger partial charge is 0.269 e. The first-order valence-corrected chi connectivity index (χ1v) is 6.56. The third-order valence-electron chi connectivity index (χ3n) is 3.09. The molecule has 0 atom stereocenters. The largest absolute Gasteiger partial charge is 0.310 e. The molecule has 2 aromatic carbocycles. The van der Waals surface area contributed by atoms with Crippen molar-refractivity contribution < 1.29 is 9.72 Å². The van der Waals surface area contributed by atoms with Crippen molar-refractivity contribution in [1.29, 1.82) is 0 Å². The molecule has 0 aliphatic rings. The summed E-state index contributed by atoms with van der Waals surface area (Å²) in [5.41, 5.74) is 1.89. The van der Waals surface area contributed by atoms with Crippen LogP contribution in [0.15, 0.2) is 42.5 Å². The second-order valence-corrected chi connectivity index (χ2v) is 5.03. The Morgan fingerprint density at radius 2 is 1.81 bits per heavy atom. The quantitative estimate of drug-likeness (QED) is 0.639. The fraction of sp³-hybridized carbons (Fsp3) is 0.133. The Labute approximate surface area is 126 Å². The van der Waals surface area contributed by atoms with E-state index in [0.29, 0.717) is 16.3 Å². The van der Waals surface area contributed by atoms with E-state index in [4.69, 9.17) is 11.6 Å². The van der Waals surface area contributed by atoms with Crippen LogP contribution in [0.3, 0.4) is 0 Å². The van der Waals surface area contributed by atoms with Gasteiger partial charge in [-0.2, -0.15) is 0 Å². The highest BCUT2D eigenvalue weighted by Crippen LogP contribution is 2.27. The van der Waals surface area contributed by atoms with Gasteiger partial charge in [0.15, 0.2) is 0 Å². The molecule has 2 aromatic rings. The Morgan fingerprint density at radius 3 is 2.38 bits per heavy atom. The van der Waals surface area contributed by atoms with E-state index < -0.39 is 4.92 Å². The molecule has 0 unspecified atom stereocenters. The third-order valence-corrected chi connectivity index (χ3v) is 3.41. The van der Waals surface area contributed by atoms with Gasteiger partial charge >= 0.3 is 0 Å². The average Bonchev–Trinajstić information content (AvgIpc) is 2.48. The second-order valence-electron chi connectivity index (χ2n) is 4.62. The lowest BCUT2D eigenvalue weighted by Gasteiger charge is -2.19. The maximum absolute atomic E-state index is 12.4. The summed E-state index contributed by atoms with van der Waals surface area (Å²) in [7, 11) is 1.62. The van der Waals surface area contributed by atoms with Crippen LogP contribution in [0.4, 0.5) is 11.4 Å². The first-order valence-electron chi connectivity index (χ1n) is 6.19. The summed E-state index contributed by atoms with van der Waals surface area (Å²) >= 11 is 6.11. The Bertz CT molecular complexity index is 699. The van der Waals surface area contributed by atoms with E-state index in [9.17, 15) is 14.9 Å². The fourth-order valence-electron chi connectivity index (χ4n) is 1.91. The van der Waals surface area contributed by atoms with Crippen LogP contribution in [0.5, 0.6) is 0 Å². The summed E-state index contributed by atoms with van der Waals surface area (Å²) < 4.78 is 0. The highest BCUT2D eigenvalue weighted by atomic mass is 35.5. The number of carbonyl (C=O) groups is 1. The van der Waals surface area contributed by atoms with Crippen molar-refractivity contribution in [2.24, 2.45) is 0 Å². The molecule has 0 aliphatic carbocycles. The molecule has 0 saturated carbocycles. The molecule has 0 heterocycles. The van der Waals surface area contributed by atoms with Crippen LogP contribution in [0, 0.1) is 17.0 Å². The van der Waals surface area contributed by atoms with Gasteiger partial charge in [0, 0.05) is 24.7 Å². The molecule has 1 amide bonds. The van der Waals surface area contributed by atoms with Crippen molar-refractivity contribution in [3.63, 3.8) is 0 Å². The van der Waals surface area contributed by atoms with Gasteiger partial charge in [0.25, 0.3) is 11.6 Å². The van der Waals surface area contributed by atoms with Gasteiger partial charge in [0.1, 0.15) is 0 Å². The first-order chi connectivity index (χ1) is 9.90. The number of aryl methyl sites for hydroxylation is 1. The van der Waals surface area contributed by atoms with E-state index in [1.807, 2.05) is 19.1 Å². The second kappa shape index (κ2) is 5.93. The number of halogens is 1. The average molecular weight is 305 g/mol. The number of hydrogen-bond acceptors (Lipinski definition) is 3. The third kappa shape index (κ3) is 3.20. The molecule has 2 rings (SSSR count). The minimum atomic E-state index is -0.505. The number of hydrogen-bond donors (Lipinski definition) is 0. The molecule has 0 saturated heterocycles. The molecule has 0 aromatic heterocycles. The summed E-state index contributed by atoms with van der Waals surface area (Å²) in [6, 6.07) is 10.9. The van der Waals surface area contributed by atoms with Gasteiger partial charge in [-0.3, -0.25) is 14.9 Å². The summed E-state index contributed by atoms with van der Waals surface area (Å²) in [5, 5.41) is 11.1. The topological polar surface area (TPSA) is 63.5 Å². The Kier molecular flexibility index (Phi) is 4.23. The van der Waals surface area contributed by atoms with E-state index in [1.165, 1.54) is 29.2 Å². The predicted molar refractivity (Wildman–Crippen MR) is 82.0 cm³/mol. The lowest BCUT2D eigenvalue weighted by molar-refractivity contribution is -0.384. The van der Waals surface area contributed by atoms with Crippen LogP contribution in [0.2, 0.25) is 5.02 Å². The zero-order valence-electron chi connectivity index (χ0n) is 11.5. The van der Waals surface area contributed by atoms with E-state index in [0.717, 1.165) is 5.56 Å². The van der Waals surface area contributed by atoms with E-state index in [-0.39, 0.29) is 11.6 Å². The molecule has 0 aliphatic heterocycles. The lowest BCUT2D eigenvalue weighted by atomic mass is 10.1. The fourth-order valence-corrected chi connectivity index (χ4v) is 2.15. The zero-order valence-corrected chi connectivity index (χ0v) is 12.3. The van der Waals surface area contributed by atoms with Crippen LogP contribution in [-0.4, -0.2) is 17.9 Å². The molecule has 6 heteroatoms. The maximum atomic E-state index is 12.4. The Hall–Kier alpha value is -2.40. The number of rotatable bonds is 3. The monoisotopic (exact) mass is 304 g/mol. The normalized spacial score (nSPS) is 10.2. The van der Waals surface area contributed by atoms with Crippen LogP contribution >= 0.6 is 11.6 Å². The predicted octanol–water partition coefficient (Wildman–Crippen LogP) is 3.83. The molecule has 0 spiro atoms. The van der Waals surface area contributed by atoms with Gasteiger partial charge in [-0.15, -0.1) is 0 Å². The molecule has 0 N–H and O–H groups in total. The van der Waals surface area contributed by atoms with Crippen molar-refractivity contribution in [1.82, 2.24) is 0 Å². The van der Waals surface area contributed by atoms with E-state index in [2.05, 4.69) is 0 Å². The van der Waals surface area contributed by atoms with Gasteiger partial charge in [-0.05, 0) is 36.8 Å². The molecule has 5 nitrogen and oxygen atoms in total. The molecule has 0 bridgehead atoms. The van der Waals surface area contributed by atoms with Crippen molar-refractivity contribution in [3.8, 4) is 0 Å². The summed E-state index contributed by atoms with van der Waals surface area (Å²) in [6.07, 6.45) is 0. The number of nitro benzene ring substituents is 1. The first kappa shape index (κ1) is 15.0. The highest BCUT2D eigenvalue weighted by molar-refractivity contribution is 6.34. The Morgan fingerprint density at radius 1 is 1.19 bits per heavy atom. The molecular formula is C15H13ClN2O3. The van der Waals surface area contributed by atoms with Crippen LogP contribution in [-0.2, 0) is 0 Å². The van der Waals surface area contributed by atoms with Gasteiger partial charge < -0.3 is 4.90 Å². The molecule has 108 valence electrons. The van der Waals surface area contributed by atoms with E-state index >= 15 is 0 Å². The number of non-ortho nitro benzene ring substituents is 1. The number of benzene rings is 2. The van der Waals surface area contributed by atoms with Crippen molar-refractivity contribution in [3.05, 3.63) is 68.7 Å². The van der Waals surface area contributed by atoms with Crippen LogP contribution in [0.25, 0.3) is 0 Å². The van der Waals surface area contributed by atoms with Gasteiger partial charge in [0.2, 0.25) is 0 Å². The van der Waals surface area contributed by atoms with E-state index in [1.54, 1.807) is 13.1 Å². The van der Waals surface area contributed by atoms with Gasteiger partial charge in [-0.1, -0.05) is 17.7 Å². The standard InChI is InChI=1S/C15H13ClN2O3/c1-10-3-8-13(16)14(9-10)17(2)15(19)11-4-6-12(7-5-11)18(20)21/h3-9H,1-2H3. The summed E-state index contributed by atoms with van der Waals surface area (Å²) in [4.78, 5) is 23.9. The number of carbonyl (C=O) groups excluding carboxylic acids is 1. The van der Waals surface area contributed by atoms with Crippen molar-refractivity contribution in [2.75, 3.05) is 11.9 Å². The lowest BCUT2D eigenvalue weighted by Crippen LogP contribution is -2.26. The molecule has 21 heavy (non-hydrogen) atoms. The zero-order chi connectivity index (χ0) is 15.6. The van der Waals surface area contributed by atoms with Crippen LogP contribution < -0.4 is 4.90 Å². The van der Waals surface area contributed by atoms with Crippen molar-refractivity contribution in [2.45, 2.75) is 6.92 Å². The highest BCUT2D eigenvalue weighted by Gasteiger charge is 2.17. The maximum Gasteiger partial charge on any atom is 0.269 e. The van der Waals surface area contributed by atoms with Gasteiger partial charge in [-0.25, -0.2) is 0 Å². The summed E-state index contributed by atoms with van der Waals surface area (Å²) in [5.74, 6) is -0.280. The minimum Gasteiger partial charge on any atom is -0.310 e. The van der Waals surface area contributed by atoms with Gasteiger partial charge in [0.05, 0.1) is 15.6 Å². The number of anilines is 1. The molecule has 0 fully saturated rings. The van der Waals surface area contributed by atoms with Crippen molar-refractivity contribution >= 4 is 28.9 Å². The Balaban J connectivity index is 2.30. The number of amides is 1.